The topological polar surface area (TPSA) is 87.4 Å². The Kier molecular flexibility index (Phi) is 1.69. The fourth-order valence-electron chi connectivity index (χ4n) is 1.01. The molecule has 0 bridgehead atoms. The van der Waals surface area contributed by atoms with Gasteiger partial charge >= 0.3 is 0 Å². The summed E-state index contributed by atoms with van der Waals surface area (Å²) in [6.45, 7) is 0.540. The van der Waals surface area contributed by atoms with E-state index < -0.39 is 0 Å². The van der Waals surface area contributed by atoms with Crippen molar-refractivity contribution < 1.29 is 0 Å². The summed E-state index contributed by atoms with van der Waals surface area (Å²) in [6, 6.07) is 0. The number of nitrogens with zero attached hydrogens (tertiary/aromatic N) is 6. The van der Waals surface area contributed by atoms with Gasteiger partial charge in [-0.25, -0.2) is 4.98 Å². The Morgan fingerprint density at radius 3 is 2.92 bits per heavy atom. The van der Waals surface area contributed by atoms with Crippen LogP contribution < -0.4 is 5.73 Å². The molecule has 0 amide bonds. The number of nitrogen functional groups attached to an aromatic ring is 1. The monoisotopic (exact) mass is 179 g/mol. The van der Waals surface area contributed by atoms with Crippen LogP contribution in [-0.4, -0.2) is 29.8 Å². The molecule has 13 heavy (non-hydrogen) atoms. The van der Waals surface area contributed by atoms with Crippen LogP contribution in [0.4, 0.5) is 5.82 Å². The summed E-state index contributed by atoms with van der Waals surface area (Å²) in [6.07, 6.45) is 3.35. The summed E-state index contributed by atoms with van der Waals surface area (Å²) in [4.78, 5) is 5.29. The summed E-state index contributed by atoms with van der Waals surface area (Å²) in [7, 11) is 1.72. The Labute approximate surface area is 74.2 Å². The molecule has 2 N–H and O–H groups in total. The number of aryl methyl sites for hydroxylation is 1. The van der Waals surface area contributed by atoms with Gasteiger partial charge in [0.05, 0.1) is 19.9 Å². The Bertz CT molecular complexity index is 362. The highest BCUT2D eigenvalue weighted by molar-refractivity contribution is 5.22. The highest BCUT2D eigenvalue weighted by Crippen LogP contribution is 1.98. The number of aromatic nitrogens is 6. The molecule has 68 valence electrons. The first-order valence-corrected chi connectivity index (χ1v) is 3.74. The minimum Gasteiger partial charge on any atom is -0.382 e. The second-order valence-electron chi connectivity index (χ2n) is 2.67. The first-order chi connectivity index (χ1) is 6.24. The number of rotatable bonds is 2. The van der Waals surface area contributed by atoms with E-state index in [4.69, 9.17) is 5.73 Å². The normalized spacial score (nSPS) is 10.5. The van der Waals surface area contributed by atoms with Gasteiger partial charge in [0.2, 0.25) is 0 Å². The van der Waals surface area contributed by atoms with E-state index in [1.807, 2.05) is 0 Å². The molecular weight excluding hydrogens is 170 g/mol. The largest absolute Gasteiger partial charge is 0.382 e. The Balaban J connectivity index is 2.14. The van der Waals surface area contributed by atoms with Crippen molar-refractivity contribution in [3.05, 3.63) is 18.3 Å². The number of imidazole rings is 1. The average Bonchev–Trinajstić information content (AvgIpc) is 2.62. The van der Waals surface area contributed by atoms with E-state index >= 15 is 0 Å². The zero-order chi connectivity index (χ0) is 9.26. The molecule has 0 spiro atoms. The molecule has 0 radical (unpaired) electrons. The maximum absolute atomic E-state index is 5.44. The van der Waals surface area contributed by atoms with Crippen LogP contribution in [0.2, 0.25) is 0 Å². The van der Waals surface area contributed by atoms with Crippen LogP contribution in [0.15, 0.2) is 12.5 Å². The number of hydrogen-bond donors (Lipinski definition) is 1. The molecule has 0 aliphatic carbocycles. The molecule has 0 fully saturated rings. The summed E-state index contributed by atoms with van der Waals surface area (Å²) in [5.74, 6) is 1.13. The predicted octanol–water partition coefficient (Wildman–Crippen LogP) is -0.963. The van der Waals surface area contributed by atoms with Gasteiger partial charge in [-0.1, -0.05) is 0 Å². The van der Waals surface area contributed by atoms with E-state index in [2.05, 4.69) is 20.4 Å². The summed E-state index contributed by atoms with van der Waals surface area (Å²) >= 11 is 0. The van der Waals surface area contributed by atoms with Gasteiger partial charge in [-0.3, -0.25) is 0 Å². The van der Waals surface area contributed by atoms with Crippen LogP contribution in [-0.2, 0) is 13.6 Å². The molecule has 0 aromatic carbocycles. The standard InChI is InChI=1S/C6H9N7/c1-12-10-6(9-11-12)3-13-2-5(7)8-4-13/h2,4H,3,7H2,1H3. The van der Waals surface area contributed by atoms with E-state index in [0.29, 0.717) is 18.2 Å². The Hall–Kier alpha value is -1.92. The molecule has 7 nitrogen and oxygen atoms in total. The smallest absolute Gasteiger partial charge is 0.194 e. The maximum Gasteiger partial charge on any atom is 0.194 e. The van der Waals surface area contributed by atoms with E-state index in [1.54, 1.807) is 24.1 Å². The lowest BCUT2D eigenvalue weighted by Crippen LogP contribution is -1.99. The molecule has 0 aliphatic heterocycles. The van der Waals surface area contributed by atoms with Crippen molar-refractivity contribution in [2.75, 3.05) is 5.73 Å². The first kappa shape index (κ1) is 7.71. The lowest BCUT2D eigenvalue weighted by atomic mass is 10.6. The van der Waals surface area contributed by atoms with Crippen molar-refractivity contribution in [1.82, 2.24) is 29.8 Å². The predicted molar refractivity (Wildman–Crippen MR) is 44.5 cm³/mol. The number of nitrogens with two attached hydrogens (primary N) is 1. The molecule has 2 heterocycles. The van der Waals surface area contributed by atoms with Crippen LogP contribution in [0.25, 0.3) is 0 Å². The molecule has 0 saturated carbocycles. The highest BCUT2D eigenvalue weighted by Gasteiger charge is 2.01. The van der Waals surface area contributed by atoms with Crippen molar-refractivity contribution in [3.8, 4) is 0 Å². The molecule has 0 saturated heterocycles. The third kappa shape index (κ3) is 1.63. The van der Waals surface area contributed by atoms with Gasteiger partial charge in [-0.15, -0.1) is 10.2 Å². The summed E-state index contributed by atoms with van der Waals surface area (Å²) in [5.41, 5.74) is 5.44. The van der Waals surface area contributed by atoms with Crippen molar-refractivity contribution in [2.45, 2.75) is 6.54 Å². The lowest BCUT2D eigenvalue weighted by Gasteiger charge is -1.93. The molecule has 0 aliphatic rings. The van der Waals surface area contributed by atoms with Crippen molar-refractivity contribution in [2.24, 2.45) is 7.05 Å². The first-order valence-electron chi connectivity index (χ1n) is 3.74. The van der Waals surface area contributed by atoms with E-state index in [0.717, 1.165) is 0 Å². The Morgan fingerprint density at radius 2 is 2.38 bits per heavy atom. The summed E-state index contributed by atoms with van der Waals surface area (Å²) < 4.78 is 1.80. The van der Waals surface area contributed by atoms with Gasteiger partial charge in [0.25, 0.3) is 0 Å². The van der Waals surface area contributed by atoms with E-state index in [-0.39, 0.29) is 0 Å². The SMILES string of the molecule is Cn1nnc(Cn2cnc(N)c2)n1. The van der Waals surface area contributed by atoms with Crippen LogP contribution in [0.5, 0.6) is 0 Å². The molecular formula is C6H9N7. The highest BCUT2D eigenvalue weighted by atomic mass is 15.6. The molecule has 0 unspecified atom stereocenters. The van der Waals surface area contributed by atoms with Gasteiger partial charge in [0.1, 0.15) is 5.82 Å². The van der Waals surface area contributed by atoms with Crippen LogP contribution >= 0.6 is 0 Å². The Morgan fingerprint density at radius 1 is 1.54 bits per heavy atom. The molecule has 7 heteroatoms. The van der Waals surface area contributed by atoms with Crippen molar-refractivity contribution >= 4 is 5.82 Å². The third-order valence-corrected chi connectivity index (χ3v) is 1.53. The minimum atomic E-state index is 0.490. The maximum atomic E-state index is 5.44. The van der Waals surface area contributed by atoms with Gasteiger partial charge in [0.15, 0.2) is 5.82 Å². The molecule has 2 rings (SSSR count). The molecule has 2 aromatic heterocycles. The van der Waals surface area contributed by atoms with Gasteiger partial charge < -0.3 is 10.3 Å². The zero-order valence-electron chi connectivity index (χ0n) is 7.12. The zero-order valence-corrected chi connectivity index (χ0v) is 7.12. The molecule has 2 aromatic rings. The van der Waals surface area contributed by atoms with Crippen LogP contribution in [0.3, 0.4) is 0 Å². The average molecular weight is 179 g/mol. The number of tetrazole rings is 1. The quantitative estimate of drug-likeness (QED) is 0.641. The fraction of sp³-hybridized carbons (Fsp3) is 0.333. The second kappa shape index (κ2) is 2.85. The number of hydrogen-bond acceptors (Lipinski definition) is 5. The van der Waals surface area contributed by atoms with Crippen LogP contribution in [0.1, 0.15) is 5.82 Å². The van der Waals surface area contributed by atoms with Crippen molar-refractivity contribution in [1.29, 1.82) is 0 Å². The summed E-state index contributed by atoms with van der Waals surface area (Å²) in [5, 5.41) is 11.6. The number of anilines is 1. The lowest BCUT2D eigenvalue weighted by molar-refractivity contribution is 0.625. The van der Waals surface area contributed by atoms with Crippen molar-refractivity contribution in [3.63, 3.8) is 0 Å². The van der Waals surface area contributed by atoms with Crippen LogP contribution in [0, 0.1) is 0 Å². The third-order valence-electron chi connectivity index (χ3n) is 1.53. The van der Waals surface area contributed by atoms with Gasteiger partial charge in [-0.05, 0) is 5.21 Å². The fourth-order valence-corrected chi connectivity index (χ4v) is 1.01. The van der Waals surface area contributed by atoms with E-state index in [9.17, 15) is 0 Å². The van der Waals surface area contributed by atoms with Gasteiger partial charge in [0, 0.05) is 6.20 Å². The molecule has 0 atom stereocenters. The second-order valence-corrected chi connectivity index (χ2v) is 2.67. The van der Waals surface area contributed by atoms with Gasteiger partial charge in [-0.2, -0.15) is 4.80 Å². The minimum absolute atomic E-state index is 0.490. The van der Waals surface area contributed by atoms with E-state index in [1.165, 1.54) is 4.80 Å².